The molecule has 1 aromatic rings. The number of hydrogen-bond donors (Lipinski definition) is 2. The molecule has 0 spiro atoms. The normalized spacial score (nSPS) is 12.5. The van der Waals surface area contributed by atoms with Crippen LogP contribution in [0.5, 0.6) is 5.75 Å². The number of aliphatic hydroxyl groups is 1. The van der Waals surface area contributed by atoms with Gasteiger partial charge >= 0.3 is 0 Å². The number of benzene rings is 1. The Labute approximate surface area is 92.2 Å². The van der Waals surface area contributed by atoms with E-state index in [1.165, 1.54) is 0 Å². The predicted molar refractivity (Wildman–Crippen MR) is 59.6 cm³/mol. The van der Waals surface area contributed by atoms with Gasteiger partial charge in [-0.2, -0.15) is 0 Å². The first-order chi connectivity index (χ1) is 6.72. The van der Waals surface area contributed by atoms with Crippen LogP contribution in [0.15, 0.2) is 28.7 Å². The molecule has 0 radical (unpaired) electrons. The third-order valence-electron chi connectivity index (χ3n) is 1.70. The Kier molecular flexibility index (Phi) is 4.93. The Morgan fingerprint density at radius 2 is 2.07 bits per heavy atom. The van der Waals surface area contributed by atoms with E-state index in [9.17, 15) is 5.11 Å². The highest BCUT2D eigenvalue weighted by Crippen LogP contribution is 2.15. The Bertz CT molecular complexity index is 263. The fourth-order valence-corrected chi connectivity index (χ4v) is 1.28. The molecule has 1 rings (SSSR count). The van der Waals surface area contributed by atoms with Crippen molar-refractivity contribution in [1.82, 2.24) is 5.32 Å². The molecular formula is C10H14BrNO2. The maximum Gasteiger partial charge on any atom is 0.119 e. The lowest BCUT2D eigenvalue weighted by molar-refractivity contribution is 0.108. The zero-order chi connectivity index (χ0) is 10.4. The van der Waals surface area contributed by atoms with Crippen LogP contribution in [0.1, 0.15) is 0 Å². The molecule has 0 aliphatic heterocycles. The van der Waals surface area contributed by atoms with E-state index in [2.05, 4.69) is 21.2 Å². The second kappa shape index (κ2) is 6.01. The van der Waals surface area contributed by atoms with Gasteiger partial charge in [0.2, 0.25) is 0 Å². The van der Waals surface area contributed by atoms with Gasteiger partial charge < -0.3 is 15.2 Å². The first-order valence-corrected chi connectivity index (χ1v) is 5.22. The van der Waals surface area contributed by atoms with Gasteiger partial charge in [-0.25, -0.2) is 0 Å². The Hall–Kier alpha value is -0.580. The lowest BCUT2D eigenvalue weighted by Gasteiger charge is -2.11. The molecule has 0 bridgehead atoms. The molecule has 1 atom stereocenters. The summed E-state index contributed by atoms with van der Waals surface area (Å²) in [6.07, 6.45) is -0.469. The largest absolute Gasteiger partial charge is 0.491 e. The van der Waals surface area contributed by atoms with E-state index in [-0.39, 0.29) is 0 Å². The number of aliphatic hydroxyl groups excluding tert-OH is 1. The van der Waals surface area contributed by atoms with E-state index >= 15 is 0 Å². The summed E-state index contributed by atoms with van der Waals surface area (Å²) in [5.41, 5.74) is 0. The molecule has 0 saturated heterocycles. The first kappa shape index (κ1) is 11.5. The molecule has 78 valence electrons. The van der Waals surface area contributed by atoms with Crippen LogP contribution in [0.3, 0.4) is 0 Å². The standard InChI is InChI=1S/C10H14BrNO2/c1-12-6-9(13)7-14-10-4-2-8(11)3-5-10/h2-5,9,12-13H,6-7H2,1H3. The van der Waals surface area contributed by atoms with Crippen molar-refractivity contribution < 1.29 is 9.84 Å². The first-order valence-electron chi connectivity index (χ1n) is 4.43. The Balaban J connectivity index is 2.34. The summed E-state index contributed by atoms with van der Waals surface area (Å²) >= 11 is 3.34. The zero-order valence-electron chi connectivity index (χ0n) is 8.03. The minimum absolute atomic E-state index is 0.308. The smallest absolute Gasteiger partial charge is 0.119 e. The van der Waals surface area contributed by atoms with Gasteiger partial charge in [0.25, 0.3) is 0 Å². The van der Waals surface area contributed by atoms with Gasteiger partial charge in [0.15, 0.2) is 0 Å². The molecule has 0 fully saturated rings. The third-order valence-corrected chi connectivity index (χ3v) is 2.22. The molecule has 0 heterocycles. The monoisotopic (exact) mass is 259 g/mol. The van der Waals surface area contributed by atoms with E-state index in [1.807, 2.05) is 24.3 Å². The molecule has 0 amide bonds. The molecule has 0 aromatic heterocycles. The van der Waals surface area contributed by atoms with Crippen molar-refractivity contribution in [2.24, 2.45) is 0 Å². The molecule has 1 aromatic carbocycles. The van der Waals surface area contributed by atoms with Crippen molar-refractivity contribution in [2.75, 3.05) is 20.2 Å². The van der Waals surface area contributed by atoms with Crippen LogP contribution in [0.4, 0.5) is 0 Å². The predicted octanol–water partition coefficient (Wildman–Crippen LogP) is 1.41. The number of hydrogen-bond acceptors (Lipinski definition) is 3. The molecule has 4 heteroatoms. The molecule has 14 heavy (non-hydrogen) atoms. The fourth-order valence-electron chi connectivity index (χ4n) is 1.02. The maximum absolute atomic E-state index is 9.37. The molecular weight excluding hydrogens is 246 g/mol. The van der Waals surface area contributed by atoms with Crippen molar-refractivity contribution in [2.45, 2.75) is 6.10 Å². The van der Waals surface area contributed by atoms with Gasteiger partial charge in [-0.15, -0.1) is 0 Å². The van der Waals surface area contributed by atoms with Gasteiger partial charge in [-0.3, -0.25) is 0 Å². The van der Waals surface area contributed by atoms with Gasteiger partial charge in [-0.05, 0) is 31.3 Å². The fraction of sp³-hybridized carbons (Fsp3) is 0.400. The van der Waals surface area contributed by atoms with Crippen molar-refractivity contribution >= 4 is 15.9 Å². The topological polar surface area (TPSA) is 41.5 Å². The highest BCUT2D eigenvalue weighted by Gasteiger charge is 2.02. The minimum atomic E-state index is -0.469. The minimum Gasteiger partial charge on any atom is -0.491 e. The van der Waals surface area contributed by atoms with Crippen LogP contribution >= 0.6 is 15.9 Å². The summed E-state index contributed by atoms with van der Waals surface area (Å²) in [4.78, 5) is 0. The summed E-state index contributed by atoms with van der Waals surface area (Å²) < 4.78 is 6.38. The van der Waals surface area contributed by atoms with Crippen molar-refractivity contribution in [3.05, 3.63) is 28.7 Å². The van der Waals surface area contributed by atoms with E-state index < -0.39 is 6.10 Å². The highest BCUT2D eigenvalue weighted by molar-refractivity contribution is 9.10. The van der Waals surface area contributed by atoms with Crippen LogP contribution in [0, 0.1) is 0 Å². The maximum atomic E-state index is 9.37. The van der Waals surface area contributed by atoms with E-state index in [0.717, 1.165) is 10.2 Å². The number of rotatable bonds is 5. The Morgan fingerprint density at radius 3 is 2.64 bits per heavy atom. The molecule has 3 nitrogen and oxygen atoms in total. The number of nitrogens with one attached hydrogen (secondary N) is 1. The van der Waals surface area contributed by atoms with E-state index in [4.69, 9.17) is 4.74 Å². The average molecular weight is 260 g/mol. The van der Waals surface area contributed by atoms with Crippen LogP contribution in [0.2, 0.25) is 0 Å². The second-order valence-electron chi connectivity index (χ2n) is 2.98. The highest BCUT2D eigenvalue weighted by atomic mass is 79.9. The van der Waals surface area contributed by atoms with Gasteiger partial charge in [-0.1, -0.05) is 15.9 Å². The van der Waals surface area contributed by atoms with Gasteiger partial charge in [0.05, 0.1) is 0 Å². The second-order valence-corrected chi connectivity index (χ2v) is 3.89. The Morgan fingerprint density at radius 1 is 1.43 bits per heavy atom. The average Bonchev–Trinajstić information content (AvgIpc) is 2.17. The lowest BCUT2D eigenvalue weighted by atomic mass is 10.3. The quantitative estimate of drug-likeness (QED) is 0.841. The molecule has 0 aliphatic rings. The summed E-state index contributed by atoms with van der Waals surface area (Å²) in [5, 5.41) is 12.2. The van der Waals surface area contributed by atoms with Crippen LogP contribution in [-0.2, 0) is 0 Å². The van der Waals surface area contributed by atoms with E-state index in [1.54, 1.807) is 7.05 Å². The van der Waals surface area contributed by atoms with Crippen LogP contribution < -0.4 is 10.1 Å². The van der Waals surface area contributed by atoms with Crippen LogP contribution in [0.25, 0.3) is 0 Å². The SMILES string of the molecule is CNCC(O)COc1ccc(Br)cc1. The number of halogens is 1. The molecule has 0 aliphatic carbocycles. The zero-order valence-corrected chi connectivity index (χ0v) is 9.62. The van der Waals surface area contributed by atoms with Crippen molar-refractivity contribution in [1.29, 1.82) is 0 Å². The lowest BCUT2D eigenvalue weighted by Crippen LogP contribution is -2.29. The molecule has 2 N–H and O–H groups in total. The summed E-state index contributed by atoms with van der Waals surface area (Å²) in [6, 6.07) is 7.52. The third kappa shape index (κ3) is 4.09. The molecule has 1 unspecified atom stereocenters. The van der Waals surface area contributed by atoms with Crippen molar-refractivity contribution in [3.8, 4) is 5.75 Å². The van der Waals surface area contributed by atoms with Crippen LogP contribution in [-0.4, -0.2) is 31.4 Å². The van der Waals surface area contributed by atoms with Gasteiger partial charge in [0, 0.05) is 11.0 Å². The number of ether oxygens (including phenoxy) is 1. The molecule has 0 saturated carbocycles. The van der Waals surface area contributed by atoms with E-state index in [0.29, 0.717) is 13.2 Å². The number of likely N-dealkylation sites (N-methyl/N-ethyl adjacent to an activating group) is 1. The van der Waals surface area contributed by atoms with Gasteiger partial charge in [0.1, 0.15) is 18.5 Å². The summed E-state index contributed by atoms with van der Waals surface area (Å²) in [5.74, 6) is 0.767. The van der Waals surface area contributed by atoms with Crippen molar-refractivity contribution in [3.63, 3.8) is 0 Å². The summed E-state index contributed by atoms with van der Waals surface area (Å²) in [7, 11) is 1.79. The summed E-state index contributed by atoms with van der Waals surface area (Å²) in [6.45, 7) is 0.846.